The summed E-state index contributed by atoms with van der Waals surface area (Å²) in [4.78, 5) is 11.9. The van der Waals surface area contributed by atoms with Gasteiger partial charge in [-0.3, -0.25) is 9.48 Å². The number of ether oxygens (including phenoxy) is 1. The Kier molecular flexibility index (Phi) is 4.32. The molecule has 0 aliphatic rings. The first-order chi connectivity index (χ1) is 7.47. The molecule has 1 rings (SSSR count). The Labute approximate surface area is 99.7 Å². The first kappa shape index (κ1) is 13.0. The van der Waals surface area contributed by atoms with Gasteiger partial charge in [-0.1, -0.05) is 11.6 Å². The van der Waals surface area contributed by atoms with E-state index < -0.39 is 0 Å². The normalized spacial score (nSPS) is 12.6. The molecule has 1 amide bonds. The van der Waals surface area contributed by atoms with E-state index in [1.54, 1.807) is 21.1 Å². The second-order valence-electron chi connectivity index (χ2n) is 3.70. The van der Waals surface area contributed by atoms with E-state index in [1.807, 2.05) is 6.92 Å². The van der Waals surface area contributed by atoms with Gasteiger partial charge in [0.05, 0.1) is 17.9 Å². The van der Waals surface area contributed by atoms with Crippen molar-refractivity contribution < 1.29 is 9.53 Å². The zero-order valence-electron chi connectivity index (χ0n) is 9.87. The molecule has 0 aliphatic heterocycles. The number of methoxy groups -OCH3 is 1. The Morgan fingerprint density at radius 3 is 2.75 bits per heavy atom. The minimum absolute atomic E-state index is 0.0619. The van der Waals surface area contributed by atoms with Gasteiger partial charge < -0.3 is 10.1 Å². The van der Waals surface area contributed by atoms with Crippen molar-refractivity contribution in [2.24, 2.45) is 7.05 Å². The van der Waals surface area contributed by atoms with Crippen LogP contribution in [-0.2, 0) is 11.8 Å². The number of aromatic nitrogens is 2. The maximum Gasteiger partial charge on any atom is 0.256 e. The van der Waals surface area contributed by atoms with Crippen LogP contribution in [-0.4, -0.2) is 35.4 Å². The Hall–Kier alpha value is -1.07. The van der Waals surface area contributed by atoms with Gasteiger partial charge in [-0.15, -0.1) is 0 Å². The van der Waals surface area contributed by atoms with Crippen molar-refractivity contribution in [3.05, 3.63) is 16.4 Å². The molecule has 0 fully saturated rings. The van der Waals surface area contributed by atoms with Crippen LogP contribution in [0, 0.1) is 6.92 Å². The Bertz CT molecular complexity index is 390. The molecular weight excluding hydrogens is 230 g/mol. The number of nitrogens with zero attached hydrogens (tertiary/aromatic N) is 2. The summed E-state index contributed by atoms with van der Waals surface area (Å²) in [6, 6.07) is -0.0619. The van der Waals surface area contributed by atoms with Crippen LogP contribution in [0.5, 0.6) is 0 Å². The van der Waals surface area contributed by atoms with Crippen molar-refractivity contribution in [3.8, 4) is 0 Å². The molecule has 1 heterocycles. The molecule has 0 bridgehead atoms. The predicted molar refractivity (Wildman–Crippen MR) is 61.8 cm³/mol. The van der Waals surface area contributed by atoms with Gasteiger partial charge in [0, 0.05) is 20.2 Å². The molecule has 0 radical (unpaired) electrons. The SMILES string of the molecule is COC[C@@H](C)NC(=O)c1c(C)nn(C)c1Cl. The highest BCUT2D eigenvalue weighted by molar-refractivity contribution is 6.33. The fourth-order valence-corrected chi connectivity index (χ4v) is 1.74. The number of rotatable bonds is 4. The van der Waals surface area contributed by atoms with E-state index in [0.29, 0.717) is 23.0 Å². The summed E-state index contributed by atoms with van der Waals surface area (Å²) >= 11 is 5.98. The lowest BCUT2D eigenvalue weighted by atomic mass is 10.2. The molecule has 1 aromatic heterocycles. The van der Waals surface area contributed by atoms with Crippen LogP contribution in [0.3, 0.4) is 0 Å². The van der Waals surface area contributed by atoms with E-state index in [-0.39, 0.29) is 11.9 Å². The van der Waals surface area contributed by atoms with E-state index in [1.165, 1.54) is 4.68 Å². The number of amides is 1. The largest absolute Gasteiger partial charge is 0.383 e. The van der Waals surface area contributed by atoms with E-state index in [0.717, 1.165) is 0 Å². The summed E-state index contributed by atoms with van der Waals surface area (Å²) in [5.41, 5.74) is 1.04. The topological polar surface area (TPSA) is 56.1 Å². The highest BCUT2D eigenvalue weighted by Gasteiger charge is 2.19. The average Bonchev–Trinajstić information content (AvgIpc) is 2.41. The van der Waals surface area contributed by atoms with Crippen molar-refractivity contribution in [1.82, 2.24) is 15.1 Å². The van der Waals surface area contributed by atoms with Crippen LogP contribution in [0.25, 0.3) is 0 Å². The third-order valence-corrected chi connectivity index (χ3v) is 2.61. The maximum atomic E-state index is 11.9. The number of carbonyl (C=O) groups is 1. The van der Waals surface area contributed by atoms with Crippen molar-refractivity contribution in [1.29, 1.82) is 0 Å². The van der Waals surface area contributed by atoms with E-state index >= 15 is 0 Å². The van der Waals surface area contributed by atoms with Gasteiger partial charge in [0.25, 0.3) is 5.91 Å². The summed E-state index contributed by atoms with van der Waals surface area (Å²) in [5, 5.41) is 7.21. The first-order valence-electron chi connectivity index (χ1n) is 4.96. The number of halogens is 1. The van der Waals surface area contributed by atoms with Gasteiger partial charge in [0.2, 0.25) is 0 Å². The van der Waals surface area contributed by atoms with Gasteiger partial charge in [0.15, 0.2) is 0 Å². The minimum Gasteiger partial charge on any atom is -0.383 e. The first-order valence-corrected chi connectivity index (χ1v) is 5.34. The molecule has 1 aromatic rings. The Morgan fingerprint density at radius 1 is 1.69 bits per heavy atom. The molecular formula is C10H16ClN3O2. The van der Waals surface area contributed by atoms with Gasteiger partial charge in [-0.2, -0.15) is 5.10 Å². The zero-order valence-corrected chi connectivity index (χ0v) is 10.6. The van der Waals surface area contributed by atoms with Crippen LogP contribution >= 0.6 is 11.6 Å². The van der Waals surface area contributed by atoms with Crippen LogP contribution < -0.4 is 5.32 Å². The molecule has 1 atom stereocenters. The smallest absolute Gasteiger partial charge is 0.256 e. The summed E-state index contributed by atoms with van der Waals surface area (Å²) in [6.07, 6.45) is 0. The minimum atomic E-state index is -0.222. The molecule has 0 saturated carbocycles. The van der Waals surface area contributed by atoms with E-state index in [9.17, 15) is 4.79 Å². The van der Waals surface area contributed by atoms with Gasteiger partial charge in [-0.05, 0) is 13.8 Å². The van der Waals surface area contributed by atoms with E-state index in [2.05, 4.69) is 10.4 Å². The molecule has 5 nitrogen and oxygen atoms in total. The lowest BCUT2D eigenvalue weighted by molar-refractivity contribution is 0.0905. The molecule has 16 heavy (non-hydrogen) atoms. The van der Waals surface area contributed by atoms with Gasteiger partial charge in [-0.25, -0.2) is 0 Å². The van der Waals surface area contributed by atoms with Crippen LogP contribution in [0.1, 0.15) is 23.0 Å². The third-order valence-electron chi connectivity index (χ3n) is 2.17. The summed E-state index contributed by atoms with van der Waals surface area (Å²) < 4.78 is 6.42. The lowest BCUT2D eigenvalue weighted by Gasteiger charge is -2.12. The van der Waals surface area contributed by atoms with Crippen molar-refractivity contribution in [2.75, 3.05) is 13.7 Å². The van der Waals surface area contributed by atoms with Crippen molar-refractivity contribution >= 4 is 17.5 Å². The second-order valence-corrected chi connectivity index (χ2v) is 4.06. The second kappa shape index (κ2) is 5.32. The van der Waals surface area contributed by atoms with Gasteiger partial charge >= 0.3 is 0 Å². The fourth-order valence-electron chi connectivity index (χ4n) is 1.48. The Balaban J connectivity index is 2.80. The number of hydrogen-bond acceptors (Lipinski definition) is 3. The van der Waals surface area contributed by atoms with Crippen LogP contribution in [0.15, 0.2) is 0 Å². The Morgan fingerprint density at radius 2 is 2.31 bits per heavy atom. The van der Waals surface area contributed by atoms with Crippen LogP contribution in [0.2, 0.25) is 5.15 Å². The quantitative estimate of drug-likeness (QED) is 0.866. The lowest BCUT2D eigenvalue weighted by Crippen LogP contribution is -2.35. The molecule has 0 saturated heterocycles. The van der Waals surface area contributed by atoms with Crippen molar-refractivity contribution in [3.63, 3.8) is 0 Å². The van der Waals surface area contributed by atoms with E-state index in [4.69, 9.17) is 16.3 Å². The molecule has 0 aromatic carbocycles. The maximum absolute atomic E-state index is 11.9. The number of aryl methyl sites for hydroxylation is 2. The predicted octanol–water partition coefficient (Wildman–Crippen LogP) is 1.15. The highest BCUT2D eigenvalue weighted by atomic mass is 35.5. The molecule has 90 valence electrons. The van der Waals surface area contributed by atoms with Crippen LogP contribution in [0.4, 0.5) is 0 Å². The standard InChI is InChI=1S/C10H16ClN3O2/c1-6(5-16-4)12-10(15)8-7(2)13-14(3)9(8)11/h6H,5H2,1-4H3,(H,12,15)/t6-/m1/s1. The summed E-state index contributed by atoms with van der Waals surface area (Å²) in [5.74, 6) is -0.222. The summed E-state index contributed by atoms with van der Waals surface area (Å²) in [6.45, 7) is 4.07. The zero-order chi connectivity index (χ0) is 12.3. The number of hydrogen-bond donors (Lipinski definition) is 1. The third kappa shape index (κ3) is 2.74. The number of nitrogens with one attached hydrogen (secondary N) is 1. The molecule has 0 spiro atoms. The van der Waals surface area contributed by atoms with Crippen molar-refractivity contribution in [2.45, 2.75) is 19.9 Å². The highest BCUT2D eigenvalue weighted by Crippen LogP contribution is 2.18. The monoisotopic (exact) mass is 245 g/mol. The average molecular weight is 246 g/mol. The molecule has 6 heteroatoms. The number of carbonyl (C=O) groups excluding carboxylic acids is 1. The van der Waals surface area contributed by atoms with Gasteiger partial charge in [0.1, 0.15) is 5.15 Å². The fraction of sp³-hybridized carbons (Fsp3) is 0.600. The molecule has 1 N–H and O–H groups in total. The molecule has 0 aliphatic carbocycles. The summed E-state index contributed by atoms with van der Waals surface area (Å²) in [7, 11) is 3.29. The molecule has 0 unspecified atom stereocenters.